The normalized spacial score (nSPS) is 16.4. The Bertz CT molecular complexity index is 382. The maximum absolute atomic E-state index is 14.0. The molecule has 0 fully saturated rings. The van der Waals surface area contributed by atoms with Crippen LogP contribution in [0.4, 0.5) is 4.39 Å². The Balaban J connectivity index is 3.18. The molecule has 0 aliphatic carbocycles. The summed E-state index contributed by atoms with van der Waals surface area (Å²) in [6, 6.07) is 1.42. The molecule has 17 heavy (non-hydrogen) atoms. The molecule has 0 aliphatic rings. The van der Waals surface area contributed by atoms with Crippen molar-refractivity contribution in [1.82, 2.24) is 4.98 Å². The number of rotatable bonds is 5. The van der Waals surface area contributed by atoms with Gasteiger partial charge >= 0.3 is 0 Å². The molecule has 1 aromatic heterocycles. The summed E-state index contributed by atoms with van der Waals surface area (Å²) >= 11 is 0. The molecule has 0 aromatic carbocycles. The van der Waals surface area contributed by atoms with Crippen LogP contribution in [0.2, 0.25) is 0 Å². The van der Waals surface area contributed by atoms with E-state index in [0.717, 1.165) is 0 Å². The topological polar surface area (TPSA) is 51.6 Å². The largest absolute Gasteiger partial charge is 0.476 e. The van der Waals surface area contributed by atoms with E-state index in [1.807, 2.05) is 0 Å². The summed E-state index contributed by atoms with van der Waals surface area (Å²) in [6.45, 7) is 5.22. The number of methoxy groups -OCH3 is 1. The van der Waals surface area contributed by atoms with Crippen molar-refractivity contribution in [2.75, 3.05) is 13.7 Å². The van der Waals surface area contributed by atoms with Crippen molar-refractivity contribution in [3.05, 3.63) is 23.6 Å². The lowest BCUT2D eigenvalue weighted by atomic mass is 9.91. The third kappa shape index (κ3) is 2.73. The van der Waals surface area contributed by atoms with Gasteiger partial charge in [-0.25, -0.2) is 9.37 Å². The summed E-state index contributed by atoms with van der Waals surface area (Å²) in [5.41, 5.74) is -1.32. The monoisotopic (exact) mass is 243 g/mol. The summed E-state index contributed by atoms with van der Waals surface area (Å²) in [5, 5.41) is 10.3. The highest BCUT2D eigenvalue weighted by Crippen LogP contribution is 2.31. The van der Waals surface area contributed by atoms with Crippen LogP contribution in [-0.4, -0.2) is 29.9 Å². The van der Waals surface area contributed by atoms with Crippen molar-refractivity contribution >= 4 is 0 Å². The van der Waals surface area contributed by atoms with Crippen LogP contribution in [0.1, 0.15) is 26.3 Å². The van der Waals surface area contributed by atoms with Gasteiger partial charge in [-0.05, 0) is 26.8 Å². The first-order chi connectivity index (χ1) is 7.95. The number of pyridine rings is 1. The van der Waals surface area contributed by atoms with Crippen LogP contribution >= 0.6 is 0 Å². The van der Waals surface area contributed by atoms with Crippen molar-refractivity contribution in [3.8, 4) is 5.88 Å². The maximum Gasteiger partial charge on any atom is 0.250 e. The fraction of sp³-hybridized carbons (Fsp3) is 0.583. The number of ether oxygens (including phenoxy) is 2. The van der Waals surface area contributed by atoms with Crippen LogP contribution in [0, 0.1) is 5.82 Å². The van der Waals surface area contributed by atoms with E-state index in [2.05, 4.69) is 4.98 Å². The zero-order valence-electron chi connectivity index (χ0n) is 10.5. The maximum atomic E-state index is 14.0. The van der Waals surface area contributed by atoms with Gasteiger partial charge < -0.3 is 14.6 Å². The van der Waals surface area contributed by atoms with Crippen LogP contribution in [0.15, 0.2) is 12.3 Å². The lowest BCUT2D eigenvalue weighted by molar-refractivity contribution is -0.0793. The second kappa shape index (κ2) is 5.42. The SMILES string of the molecule is CCOc1nccc(C(C)(O)C(C)OC)c1F. The van der Waals surface area contributed by atoms with Gasteiger partial charge in [-0.1, -0.05) is 0 Å². The first-order valence-corrected chi connectivity index (χ1v) is 5.48. The average Bonchev–Trinajstić information content (AvgIpc) is 2.30. The number of nitrogens with zero attached hydrogens (tertiary/aromatic N) is 1. The predicted octanol–water partition coefficient (Wildman–Crippen LogP) is 1.86. The molecule has 0 spiro atoms. The van der Waals surface area contributed by atoms with Crippen LogP contribution in [0.3, 0.4) is 0 Å². The van der Waals surface area contributed by atoms with E-state index in [4.69, 9.17) is 9.47 Å². The van der Waals surface area contributed by atoms with E-state index in [1.54, 1.807) is 13.8 Å². The van der Waals surface area contributed by atoms with E-state index >= 15 is 0 Å². The standard InChI is InChI=1S/C12H18FNO3/c1-5-17-11-10(13)9(6-7-14-11)12(3,15)8(2)16-4/h6-8,15H,5H2,1-4H3. The molecule has 96 valence electrons. The van der Waals surface area contributed by atoms with Gasteiger partial charge in [0.05, 0.1) is 12.7 Å². The molecule has 1 rings (SSSR count). The quantitative estimate of drug-likeness (QED) is 0.857. The van der Waals surface area contributed by atoms with Gasteiger partial charge in [-0.2, -0.15) is 0 Å². The fourth-order valence-electron chi connectivity index (χ4n) is 1.50. The van der Waals surface area contributed by atoms with Gasteiger partial charge in [0.25, 0.3) is 5.88 Å². The molecule has 2 unspecified atom stereocenters. The highest BCUT2D eigenvalue weighted by Gasteiger charge is 2.34. The van der Waals surface area contributed by atoms with Gasteiger partial charge in [0, 0.05) is 18.9 Å². The summed E-state index contributed by atoms with van der Waals surface area (Å²) in [6.07, 6.45) is 0.856. The smallest absolute Gasteiger partial charge is 0.250 e. The molecule has 0 saturated carbocycles. The Kier molecular flexibility index (Phi) is 4.42. The molecule has 5 heteroatoms. The molecule has 0 aliphatic heterocycles. The molecule has 1 N–H and O–H groups in total. The zero-order valence-corrected chi connectivity index (χ0v) is 10.5. The second-order valence-electron chi connectivity index (χ2n) is 3.94. The lowest BCUT2D eigenvalue weighted by Crippen LogP contribution is -2.36. The highest BCUT2D eigenvalue weighted by molar-refractivity contribution is 5.29. The Labute approximate surface area is 100 Å². The Hall–Kier alpha value is -1.20. The highest BCUT2D eigenvalue weighted by atomic mass is 19.1. The molecule has 0 amide bonds. The van der Waals surface area contributed by atoms with Gasteiger partial charge in [0.1, 0.15) is 5.60 Å². The molecule has 0 bridgehead atoms. The van der Waals surface area contributed by atoms with Crippen molar-refractivity contribution in [3.63, 3.8) is 0 Å². The van der Waals surface area contributed by atoms with Crippen LogP contribution in [0.5, 0.6) is 5.88 Å². The van der Waals surface area contributed by atoms with Crippen molar-refractivity contribution in [2.45, 2.75) is 32.5 Å². The number of aliphatic hydroxyl groups is 1. The molecule has 1 heterocycles. The van der Waals surface area contributed by atoms with Gasteiger partial charge in [0.2, 0.25) is 0 Å². The number of aromatic nitrogens is 1. The Morgan fingerprint density at radius 3 is 2.76 bits per heavy atom. The summed E-state index contributed by atoms with van der Waals surface area (Å²) in [4.78, 5) is 3.78. The van der Waals surface area contributed by atoms with Crippen molar-refractivity contribution in [2.24, 2.45) is 0 Å². The summed E-state index contributed by atoms with van der Waals surface area (Å²) < 4.78 is 24.1. The first-order valence-electron chi connectivity index (χ1n) is 5.48. The number of halogens is 1. The molecule has 0 radical (unpaired) electrons. The molecule has 0 saturated heterocycles. The van der Waals surface area contributed by atoms with Crippen LogP contribution in [-0.2, 0) is 10.3 Å². The predicted molar refractivity (Wildman–Crippen MR) is 61.4 cm³/mol. The number of hydrogen-bond acceptors (Lipinski definition) is 4. The Morgan fingerprint density at radius 1 is 1.59 bits per heavy atom. The second-order valence-corrected chi connectivity index (χ2v) is 3.94. The number of hydrogen-bond donors (Lipinski definition) is 1. The van der Waals surface area contributed by atoms with Crippen LogP contribution < -0.4 is 4.74 Å². The minimum Gasteiger partial charge on any atom is -0.476 e. The Morgan fingerprint density at radius 2 is 2.24 bits per heavy atom. The lowest BCUT2D eigenvalue weighted by Gasteiger charge is -2.30. The van der Waals surface area contributed by atoms with Crippen molar-refractivity contribution in [1.29, 1.82) is 0 Å². The van der Waals surface area contributed by atoms with Gasteiger partial charge in [-0.3, -0.25) is 0 Å². The van der Waals surface area contributed by atoms with Crippen molar-refractivity contribution < 1.29 is 19.0 Å². The molecule has 2 atom stereocenters. The minimum atomic E-state index is -1.44. The summed E-state index contributed by atoms with van der Waals surface area (Å²) in [7, 11) is 1.46. The third-order valence-electron chi connectivity index (χ3n) is 2.83. The molecule has 4 nitrogen and oxygen atoms in total. The zero-order chi connectivity index (χ0) is 13.1. The molecule has 1 aromatic rings. The van der Waals surface area contributed by atoms with E-state index in [0.29, 0.717) is 6.61 Å². The molecular formula is C12H18FNO3. The van der Waals surface area contributed by atoms with E-state index in [9.17, 15) is 9.50 Å². The fourth-order valence-corrected chi connectivity index (χ4v) is 1.50. The average molecular weight is 243 g/mol. The van der Waals surface area contributed by atoms with Crippen LogP contribution in [0.25, 0.3) is 0 Å². The molecular weight excluding hydrogens is 225 g/mol. The van der Waals surface area contributed by atoms with E-state index < -0.39 is 17.5 Å². The third-order valence-corrected chi connectivity index (χ3v) is 2.83. The first kappa shape index (κ1) is 13.9. The minimum absolute atomic E-state index is 0.103. The summed E-state index contributed by atoms with van der Waals surface area (Å²) in [5.74, 6) is -0.753. The van der Waals surface area contributed by atoms with Gasteiger partial charge in [0.15, 0.2) is 5.82 Å². The van der Waals surface area contributed by atoms with E-state index in [-0.39, 0.29) is 11.4 Å². The van der Waals surface area contributed by atoms with E-state index in [1.165, 1.54) is 26.3 Å². The van der Waals surface area contributed by atoms with Gasteiger partial charge in [-0.15, -0.1) is 0 Å².